The zero-order valence-corrected chi connectivity index (χ0v) is 12.4. The van der Waals surface area contributed by atoms with Crippen molar-refractivity contribution in [2.24, 2.45) is 5.92 Å². The molecule has 2 unspecified atom stereocenters. The first-order chi connectivity index (χ1) is 9.56. The van der Waals surface area contributed by atoms with E-state index in [0.717, 1.165) is 12.8 Å². The maximum absolute atomic E-state index is 12.1. The second-order valence-corrected chi connectivity index (χ2v) is 6.29. The van der Waals surface area contributed by atoms with Gasteiger partial charge in [0, 0.05) is 30.4 Å². The molecule has 1 saturated heterocycles. The van der Waals surface area contributed by atoms with Gasteiger partial charge in [0.05, 0.1) is 5.92 Å². The van der Waals surface area contributed by atoms with Gasteiger partial charge >= 0.3 is 12.0 Å². The van der Waals surface area contributed by atoms with E-state index in [4.69, 9.17) is 5.11 Å². The molecule has 1 aliphatic heterocycles. The summed E-state index contributed by atoms with van der Waals surface area (Å²) in [6.07, 6.45) is 2.22. The molecule has 110 valence electrons. The van der Waals surface area contributed by atoms with Gasteiger partial charge in [-0.1, -0.05) is 6.07 Å². The van der Waals surface area contributed by atoms with Crippen molar-refractivity contribution in [3.8, 4) is 0 Å². The maximum atomic E-state index is 12.1. The van der Waals surface area contributed by atoms with Crippen LogP contribution in [0.5, 0.6) is 0 Å². The van der Waals surface area contributed by atoms with Crippen molar-refractivity contribution >= 4 is 23.3 Å². The van der Waals surface area contributed by atoms with E-state index in [9.17, 15) is 9.59 Å². The number of nitrogens with zero attached hydrogens (tertiary/aromatic N) is 1. The van der Waals surface area contributed by atoms with Gasteiger partial charge in [-0.05, 0) is 31.2 Å². The van der Waals surface area contributed by atoms with Crippen LogP contribution in [0.25, 0.3) is 0 Å². The monoisotopic (exact) mass is 296 g/mol. The van der Waals surface area contributed by atoms with Crippen molar-refractivity contribution in [3.05, 3.63) is 22.4 Å². The lowest BCUT2D eigenvalue weighted by molar-refractivity contribution is -0.143. The molecule has 0 radical (unpaired) electrons. The Labute approximate surface area is 122 Å². The molecule has 0 aromatic carbocycles. The first-order valence-electron chi connectivity index (χ1n) is 6.87. The lowest BCUT2D eigenvalue weighted by Crippen LogP contribution is -2.49. The van der Waals surface area contributed by atoms with Crippen LogP contribution in [0.1, 0.15) is 24.6 Å². The number of carboxylic acid groups (broad SMARTS) is 1. The molecule has 20 heavy (non-hydrogen) atoms. The van der Waals surface area contributed by atoms with Crippen LogP contribution < -0.4 is 5.32 Å². The molecule has 2 atom stereocenters. The van der Waals surface area contributed by atoms with Crippen molar-refractivity contribution in [1.82, 2.24) is 10.2 Å². The molecule has 0 saturated carbocycles. The fraction of sp³-hybridized carbons (Fsp3) is 0.571. The Hall–Kier alpha value is -1.56. The van der Waals surface area contributed by atoms with Gasteiger partial charge in [0.15, 0.2) is 0 Å². The fourth-order valence-corrected chi connectivity index (χ4v) is 3.28. The SMILES string of the molecule is CC(Cc1cccs1)NC(=O)N1CCCC(C(=O)O)C1. The summed E-state index contributed by atoms with van der Waals surface area (Å²) in [6, 6.07) is 3.94. The van der Waals surface area contributed by atoms with E-state index in [2.05, 4.69) is 11.4 Å². The summed E-state index contributed by atoms with van der Waals surface area (Å²) in [5.74, 6) is -1.24. The van der Waals surface area contributed by atoms with Gasteiger partial charge in [0.25, 0.3) is 0 Å². The van der Waals surface area contributed by atoms with Crippen molar-refractivity contribution in [2.75, 3.05) is 13.1 Å². The van der Waals surface area contributed by atoms with Crippen LogP contribution in [-0.4, -0.2) is 41.1 Å². The van der Waals surface area contributed by atoms with Gasteiger partial charge in [-0.25, -0.2) is 4.79 Å². The summed E-state index contributed by atoms with van der Waals surface area (Å²) < 4.78 is 0. The lowest BCUT2D eigenvalue weighted by atomic mass is 9.99. The number of carbonyl (C=O) groups excluding carboxylic acids is 1. The normalized spacial score (nSPS) is 20.4. The van der Waals surface area contributed by atoms with Crippen LogP contribution in [0.2, 0.25) is 0 Å². The summed E-state index contributed by atoms with van der Waals surface area (Å²) >= 11 is 1.68. The van der Waals surface area contributed by atoms with E-state index < -0.39 is 11.9 Å². The number of amides is 2. The Morgan fingerprint density at radius 1 is 1.60 bits per heavy atom. The Bertz CT molecular complexity index is 461. The number of urea groups is 1. The van der Waals surface area contributed by atoms with Gasteiger partial charge in [0.1, 0.15) is 0 Å². The van der Waals surface area contributed by atoms with Crippen LogP contribution in [-0.2, 0) is 11.2 Å². The Morgan fingerprint density at radius 3 is 3.05 bits per heavy atom. The topological polar surface area (TPSA) is 69.6 Å². The molecule has 0 bridgehead atoms. The van der Waals surface area contributed by atoms with Crippen LogP contribution in [0.4, 0.5) is 4.79 Å². The van der Waals surface area contributed by atoms with Crippen molar-refractivity contribution < 1.29 is 14.7 Å². The molecule has 5 nitrogen and oxygen atoms in total. The highest BCUT2D eigenvalue weighted by atomic mass is 32.1. The number of carboxylic acids is 1. The van der Waals surface area contributed by atoms with Crippen LogP contribution in [0.3, 0.4) is 0 Å². The second kappa shape index (κ2) is 6.74. The van der Waals surface area contributed by atoms with Crippen molar-refractivity contribution in [1.29, 1.82) is 0 Å². The van der Waals surface area contributed by atoms with E-state index in [1.54, 1.807) is 16.2 Å². The standard InChI is InChI=1S/C14H20N2O3S/c1-10(8-12-5-3-7-20-12)15-14(19)16-6-2-4-11(9-16)13(17)18/h3,5,7,10-11H,2,4,6,8-9H2,1H3,(H,15,19)(H,17,18). The number of hydrogen-bond donors (Lipinski definition) is 2. The molecule has 0 aliphatic carbocycles. The summed E-state index contributed by atoms with van der Waals surface area (Å²) in [5.41, 5.74) is 0. The highest BCUT2D eigenvalue weighted by molar-refractivity contribution is 7.09. The molecule has 2 rings (SSSR count). The Balaban J connectivity index is 1.83. The number of hydrogen-bond acceptors (Lipinski definition) is 3. The summed E-state index contributed by atoms with van der Waals surface area (Å²) in [6.45, 7) is 2.92. The minimum atomic E-state index is -0.811. The van der Waals surface area contributed by atoms with E-state index in [0.29, 0.717) is 19.5 Å². The third kappa shape index (κ3) is 3.96. The number of likely N-dealkylation sites (tertiary alicyclic amines) is 1. The number of piperidine rings is 1. The minimum absolute atomic E-state index is 0.0476. The van der Waals surface area contributed by atoms with Crippen LogP contribution in [0, 0.1) is 5.92 Å². The number of thiophene rings is 1. The number of rotatable bonds is 4. The van der Waals surface area contributed by atoms with Gasteiger partial charge in [-0.2, -0.15) is 0 Å². The first kappa shape index (κ1) is 14.8. The van der Waals surface area contributed by atoms with Gasteiger partial charge < -0.3 is 15.3 Å². The first-order valence-corrected chi connectivity index (χ1v) is 7.75. The van der Waals surface area contributed by atoms with Crippen molar-refractivity contribution in [3.63, 3.8) is 0 Å². The quantitative estimate of drug-likeness (QED) is 0.894. The Kier molecular flexibility index (Phi) is 5.00. The van der Waals surface area contributed by atoms with Crippen molar-refractivity contribution in [2.45, 2.75) is 32.2 Å². The van der Waals surface area contributed by atoms with Gasteiger partial charge in [-0.3, -0.25) is 4.79 Å². The van der Waals surface area contributed by atoms with E-state index >= 15 is 0 Å². The van der Waals surface area contributed by atoms with E-state index in [1.165, 1.54) is 4.88 Å². The predicted octanol–water partition coefficient (Wildman–Crippen LogP) is 2.19. The third-order valence-electron chi connectivity index (χ3n) is 3.52. The van der Waals surface area contributed by atoms with Gasteiger partial charge in [-0.15, -0.1) is 11.3 Å². The highest BCUT2D eigenvalue weighted by Crippen LogP contribution is 2.17. The molecule has 1 aliphatic rings. The van der Waals surface area contributed by atoms with E-state index in [-0.39, 0.29) is 12.1 Å². The molecule has 6 heteroatoms. The fourth-order valence-electron chi connectivity index (χ4n) is 2.45. The highest BCUT2D eigenvalue weighted by Gasteiger charge is 2.28. The largest absolute Gasteiger partial charge is 0.481 e. The molecule has 2 heterocycles. The third-order valence-corrected chi connectivity index (χ3v) is 4.41. The molecular weight excluding hydrogens is 276 g/mol. The molecular formula is C14H20N2O3S. The zero-order valence-electron chi connectivity index (χ0n) is 11.5. The molecule has 1 aromatic rings. The summed E-state index contributed by atoms with van der Waals surface area (Å²) in [5, 5.41) is 14.0. The Morgan fingerprint density at radius 2 is 2.40 bits per heavy atom. The molecule has 1 aromatic heterocycles. The van der Waals surface area contributed by atoms with Crippen LogP contribution >= 0.6 is 11.3 Å². The molecule has 0 spiro atoms. The van der Waals surface area contributed by atoms with Crippen LogP contribution in [0.15, 0.2) is 17.5 Å². The smallest absolute Gasteiger partial charge is 0.317 e. The summed E-state index contributed by atoms with van der Waals surface area (Å²) in [4.78, 5) is 26.0. The number of nitrogens with one attached hydrogen (secondary N) is 1. The number of aliphatic carboxylic acids is 1. The maximum Gasteiger partial charge on any atom is 0.317 e. The molecule has 2 N–H and O–H groups in total. The predicted molar refractivity (Wildman–Crippen MR) is 77.9 cm³/mol. The minimum Gasteiger partial charge on any atom is -0.481 e. The second-order valence-electron chi connectivity index (χ2n) is 5.26. The van der Waals surface area contributed by atoms with E-state index in [1.807, 2.05) is 18.4 Å². The zero-order chi connectivity index (χ0) is 14.5. The summed E-state index contributed by atoms with van der Waals surface area (Å²) in [7, 11) is 0. The van der Waals surface area contributed by atoms with Gasteiger partial charge in [0.2, 0.25) is 0 Å². The molecule has 1 fully saturated rings. The number of carbonyl (C=O) groups is 2. The average molecular weight is 296 g/mol. The molecule has 2 amide bonds. The average Bonchev–Trinajstić information content (AvgIpc) is 2.91. The lowest BCUT2D eigenvalue weighted by Gasteiger charge is -2.31.